The van der Waals surface area contributed by atoms with Crippen molar-refractivity contribution in [2.75, 3.05) is 31.1 Å². The van der Waals surface area contributed by atoms with Gasteiger partial charge in [-0.1, -0.05) is 0 Å². The predicted octanol–water partition coefficient (Wildman–Crippen LogP) is 2.62. The summed E-state index contributed by atoms with van der Waals surface area (Å²) in [5, 5.41) is 0. The topological polar surface area (TPSA) is 63.0 Å². The Morgan fingerprint density at radius 3 is 2.96 bits per heavy atom. The molecule has 2 saturated heterocycles. The summed E-state index contributed by atoms with van der Waals surface area (Å²) in [7, 11) is 0. The summed E-state index contributed by atoms with van der Waals surface area (Å²) in [6.07, 6.45) is 10.4. The standard InChI is InChI=1S/C21H23N5O2/c27-21(16-5-10-26-15-22-13-17(26)12-16)25-11-6-18(14-25)28-19-4-3-7-23-20(19)24-8-1-2-9-24/h3-5,7,10,12-13,15,18H,1-2,6,8-9,11,14H2. The third-order valence-corrected chi connectivity index (χ3v) is 5.54. The number of carbonyl (C=O) groups excluding carboxylic acids is 1. The average molecular weight is 377 g/mol. The van der Waals surface area contributed by atoms with E-state index in [0.717, 1.165) is 36.6 Å². The molecule has 0 saturated carbocycles. The fourth-order valence-corrected chi connectivity index (χ4v) is 4.06. The minimum absolute atomic E-state index is 0.00630. The summed E-state index contributed by atoms with van der Waals surface area (Å²) in [6.45, 7) is 3.35. The van der Waals surface area contributed by atoms with Crippen molar-refractivity contribution in [3.8, 4) is 5.75 Å². The number of rotatable bonds is 4. The van der Waals surface area contributed by atoms with E-state index < -0.39 is 0 Å². The quantitative estimate of drug-likeness (QED) is 0.699. The molecule has 0 spiro atoms. The Hall–Kier alpha value is -3.09. The number of fused-ring (bicyclic) bond motifs is 1. The van der Waals surface area contributed by atoms with Crippen LogP contribution in [0.1, 0.15) is 29.6 Å². The maximum Gasteiger partial charge on any atom is 0.254 e. The summed E-state index contributed by atoms with van der Waals surface area (Å²) in [5.41, 5.74) is 1.61. The van der Waals surface area contributed by atoms with Crippen LogP contribution in [0.15, 0.2) is 49.2 Å². The first-order valence-corrected chi connectivity index (χ1v) is 9.85. The van der Waals surface area contributed by atoms with Gasteiger partial charge in [-0.3, -0.25) is 4.79 Å². The van der Waals surface area contributed by atoms with Gasteiger partial charge in [-0.15, -0.1) is 0 Å². The van der Waals surface area contributed by atoms with E-state index in [9.17, 15) is 4.79 Å². The van der Waals surface area contributed by atoms with Crippen molar-refractivity contribution in [1.29, 1.82) is 0 Å². The van der Waals surface area contributed by atoms with Crippen molar-refractivity contribution in [2.24, 2.45) is 0 Å². The molecule has 0 N–H and O–H groups in total. The van der Waals surface area contributed by atoms with E-state index in [4.69, 9.17) is 4.74 Å². The van der Waals surface area contributed by atoms with E-state index >= 15 is 0 Å². The summed E-state index contributed by atoms with van der Waals surface area (Å²) >= 11 is 0. The fraction of sp³-hybridized carbons (Fsp3) is 0.381. The highest BCUT2D eigenvalue weighted by atomic mass is 16.5. The summed E-state index contributed by atoms with van der Waals surface area (Å²) in [6, 6.07) is 7.63. The number of imidazole rings is 1. The molecule has 5 rings (SSSR count). The highest BCUT2D eigenvalue weighted by Crippen LogP contribution is 2.30. The van der Waals surface area contributed by atoms with Crippen LogP contribution in [0, 0.1) is 0 Å². The van der Waals surface area contributed by atoms with Crippen LogP contribution in [0.4, 0.5) is 5.82 Å². The second-order valence-corrected chi connectivity index (χ2v) is 7.44. The van der Waals surface area contributed by atoms with Crippen molar-refractivity contribution < 1.29 is 9.53 Å². The fourth-order valence-electron chi connectivity index (χ4n) is 4.06. The number of ether oxygens (including phenoxy) is 1. The first-order valence-electron chi connectivity index (χ1n) is 9.85. The zero-order valence-corrected chi connectivity index (χ0v) is 15.7. The number of anilines is 1. The number of aromatic nitrogens is 3. The van der Waals surface area contributed by atoms with E-state index in [1.807, 2.05) is 46.0 Å². The smallest absolute Gasteiger partial charge is 0.254 e. The molecule has 7 nitrogen and oxygen atoms in total. The molecule has 3 aromatic heterocycles. The van der Waals surface area contributed by atoms with E-state index in [0.29, 0.717) is 18.7 Å². The van der Waals surface area contributed by atoms with Gasteiger partial charge >= 0.3 is 0 Å². The van der Waals surface area contributed by atoms with Crippen LogP contribution in [0.25, 0.3) is 5.52 Å². The average Bonchev–Trinajstić information content (AvgIpc) is 3.48. The normalized spacial score (nSPS) is 19.5. The molecule has 3 aromatic rings. The third kappa shape index (κ3) is 3.17. The van der Waals surface area contributed by atoms with E-state index in [1.54, 1.807) is 12.5 Å². The van der Waals surface area contributed by atoms with Gasteiger partial charge in [-0.25, -0.2) is 9.97 Å². The minimum atomic E-state index is -0.00630. The molecule has 1 amide bonds. The lowest BCUT2D eigenvalue weighted by atomic mass is 10.2. The maximum absolute atomic E-state index is 12.9. The van der Waals surface area contributed by atoms with Gasteiger partial charge in [-0.05, 0) is 37.1 Å². The Kier molecular flexibility index (Phi) is 4.35. The van der Waals surface area contributed by atoms with Crippen LogP contribution in [0.3, 0.4) is 0 Å². The molecule has 0 aromatic carbocycles. The van der Waals surface area contributed by atoms with E-state index in [1.165, 1.54) is 12.8 Å². The molecule has 1 unspecified atom stereocenters. The monoisotopic (exact) mass is 377 g/mol. The van der Waals surface area contributed by atoms with Gasteiger partial charge in [0.05, 0.1) is 24.6 Å². The molecule has 0 radical (unpaired) electrons. The summed E-state index contributed by atoms with van der Waals surface area (Å²) < 4.78 is 8.18. The molecular weight excluding hydrogens is 354 g/mol. The lowest BCUT2D eigenvalue weighted by Gasteiger charge is -2.22. The van der Waals surface area contributed by atoms with Gasteiger partial charge in [0.2, 0.25) is 0 Å². The Labute approximate surface area is 163 Å². The Morgan fingerprint density at radius 2 is 2.07 bits per heavy atom. The molecule has 5 heterocycles. The zero-order valence-electron chi connectivity index (χ0n) is 15.7. The largest absolute Gasteiger partial charge is 0.485 e. The van der Waals surface area contributed by atoms with Crippen LogP contribution in [-0.4, -0.2) is 57.5 Å². The molecule has 28 heavy (non-hydrogen) atoms. The summed E-state index contributed by atoms with van der Waals surface area (Å²) in [4.78, 5) is 25.7. The predicted molar refractivity (Wildman–Crippen MR) is 106 cm³/mol. The van der Waals surface area contributed by atoms with Gasteiger partial charge in [0.1, 0.15) is 6.10 Å². The molecule has 144 valence electrons. The highest BCUT2D eigenvalue weighted by Gasteiger charge is 2.29. The van der Waals surface area contributed by atoms with E-state index in [2.05, 4.69) is 14.9 Å². The van der Waals surface area contributed by atoms with Crippen LogP contribution in [-0.2, 0) is 0 Å². The lowest BCUT2D eigenvalue weighted by Crippen LogP contribution is -2.31. The van der Waals surface area contributed by atoms with Gasteiger partial charge < -0.3 is 18.9 Å². The first kappa shape index (κ1) is 17.0. The number of pyridine rings is 2. The molecule has 2 aliphatic rings. The van der Waals surface area contributed by atoms with Gasteiger partial charge in [0, 0.05) is 44.0 Å². The van der Waals surface area contributed by atoms with Crippen molar-refractivity contribution >= 4 is 17.2 Å². The molecular formula is C21H23N5O2. The molecule has 0 bridgehead atoms. The number of likely N-dealkylation sites (tertiary alicyclic amines) is 1. The molecule has 0 aliphatic carbocycles. The highest BCUT2D eigenvalue weighted by molar-refractivity contribution is 5.95. The number of carbonyl (C=O) groups is 1. The second kappa shape index (κ2) is 7.14. The third-order valence-electron chi connectivity index (χ3n) is 5.54. The Bertz CT molecular complexity index is 995. The zero-order chi connectivity index (χ0) is 18.9. The number of hydrogen-bond donors (Lipinski definition) is 0. The van der Waals surface area contributed by atoms with Crippen molar-refractivity contribution in [2.45, 2.75) is 25.4 Å². The van der Waals surface area contributed by atoms with Crippen molar-refractivity contribution in [3.63, 3.8) is 0 Å². The molecule has 2 aliphatic heterocycles. The molecule has 2 fully saturated rings. The Morgan fingerprint density at radius 1 is 1.18 bits per heavy atom. The van der Waals surface area contributed by atoms with Crippen molar-refractivity contribution in [1.82, 2.24) is 19.3 Å². The first-order chi connectivity index (χ1) is 13.8. The van der Waals surface area contributed by atoms with Crippen LogP contribution in [0.2, 0.25) is 0 Å². The van der Waals surface area contributed by atoms with Gasteiger partial charge in [0.25, 0.3) is 5.91 Å². The number of hydrogen-bond acceptors (Lipinski definition) is 5. The number of amides is 1. The number of nitrogens with zero attached hydrogens (tertiary/aromatic N) is 5. The molecule has 7 heteroatoms. The lowest BCUT2D eigenvalue weighted by molar-refractivity contribution is 0.0772. The molecule has 1 atom stereocenters. The van der Waals surface area contributed by atoms with Gasteiger partial charge in [-0.2, -0.15) is 0 Å². The van der Waals surface area contributed by atoms with Gasteiger partial charge in [0.15, 0.2) is 11.6 Å². The Balaban J connectivity index is 1.28. The SMILES string of the molecule is O=C(c1ccn2cncc2c1)N1CCC(Oc2cccnc2N2CCCC2)C1. The van der Waals surface area contributed by atoms with Crippen LogP contribution in [0.5, 0.6) is 5.75 Å². The van der Waals surface area contributed by atoms with Crippen molar-refractivity contribution in [3.05, 3.63) is 54.7 Å². The van der Waals surface area contributed by atoms with E-state index in [-0.39, 0.29) is 12.0 Å². The minimum Gasteiger partial charge on any atom is -0.485 e. The second-order valence-electron chi connectivity index (χ2n) is 7.44. The maximum atomic E-state index is 12.9. The van der Waals surface area contributed by atoms with Crippen LogP contribution < -0.4 is 9.64 Å². The van der Waals surface area contributed by atoms with Crippen LogP contribution >= 0.6 is 0 Å². The summed E-state index contributed by atoms with van der Waals surface area (Å²) in [5.74, 6) is 1.79.